The number of piperazine rings is 1. The Labute approximate surface area is 180 Å². The Morgan fingerprint density at radius 2 is 1.93 bits per heavy atom. The van der Waals surface area contributed by atoms with Crippen molar-refractivity contribution < 1.29 is 18.7 Å². The molecule has 1 unspecified atom stereocenters. The summed E-state index contributed by atoms with van der Waals surface area (Å²) in [5.41, 5.74) is 1.93. The third kappa shape index (κ3) is 5.46. The van der Waals surface area contributed by atoms with E-state index in [0.717, 1.165) is 25.2 Å². The van der Waals surface area contributed by atoms with Crippen LogP contribution in [0.1, 0.15) is 28.4 Å². The van der Waals surface area contributed by atoms with E-state index in [2.05, 4.69) is 4.90 Å². The Hall–Kier alpha value is -2.70. The first-order valence-corrected chi connectivity index (χ1v) is 10.1. The molecule has 0 aliphatic carbocycles. The van der Waals surface area contributed by atoms with Crippen molar-refractivity contribution in [3.63, 3.8) is 0 Å². The number of halogens is 2. The first kappa shape index (κ1) is 22.0. The fourth-order valence-corrected chi connectivity index (χ4v) is 3.74. The summed E-state index contributed by atoms with van der Waals surface area (Å²) in [6.45, 7) is 4.78. The van der Waals surface area contributed by atoms with Crippen LogP contribution in [0.5, 0.6) is 0 Å². The van der Waals surface area contributed by atoms with E-state index < -0.39 is 5.97 Å². The van der Waals surface area contributed by atoms with Crippen LogP contribution in [0, 0.1) is 5.82 Å². The van der Waals surface area contributed by atoms with Crippen LogP contribution in [0.15, 0.2) is 48.5 Å². The summed E-state index contributed by atoms with van der Waals surface area (Å²) in [6.07, 6.45) is 3.09. The van der Waals surface area contributed by atoms with Gasteiger partial charge in [-0.2, -0.15) is 0 Å². The third-order valence-electron chi connectivity index (χ3n) is 5.14. The molecule has 5 nitrogen and oxygen atoms in total. The van der Waals surface area contributed by atoms with Gasteiger partial charge in [0.2, 0.25) is 5.91 Å². The molecule has 30 heavy (non-hydrogen) atoms. The predicted molar refractivity (Wildman–Crippen MR) is 115 cm³/mol. The molecular weight excluding hydrogens is 407 g/mol. The van der Waals surface area contributed by atoms with Crippen LogP contribution in [-0.4, -0.2) is 54.5 Å². The number of esters is 1. The summed E-state index contributed by atoms with van der Waals surface area (Å²) < 4.78 is 17.9. The maximum atomic E-state index is 13.1. The molecule has 0 saturated carbocycles. The fourth-order valence-electron chi connectivity index (χ4n) is 3.57. The minimum atomic E-state index is -0.507. The summed E-state index contributed by atoms with van der Waals surface area (Å²) in [5, 5.41) is 0.421. The second kappa shape index (κ2) is 9.87. The molecule has 1 amide bonds. The summed E-state index contributed by atoms with van der Waals surface area (Å²) >= 11 is 5.97. The molecule has 1 aliphatic rings. The van der Waals surface area contributed by atoms with Crippen molar-refractivity contribution in [2.24, 2.45) is 0 Å². The van der Waals surface area contributed by atoms with E-state index in [0.29, 0.717) is 22.7 Å². The lowest BCUT2D eigenvalue weighted by molar-refractivity contribution is -0.130. The molecule has 1 atom stereocenters. The van der Waals surface area contributed by atoms with Crippen molar-refractivity contribution in [3.05, 3.63) is 76.1 Å². The van der Waals surface area contributed by atoms with Crippen molar-refractivity contribution in [1.29, 1.82) is 0 Å². The monoisotopic (exact) mass is 430 g/mol. The summed E-state index contributed by atoms with van der Waals surface area (Å²) in [7, 11) is 1.30. The molecule has 3 rings (SSSR count). The first-order chi connectivity index (χ1) is 14.4. The van der Waals surface area contributed by atoms with Gasteiger partial charge < -0.3 is 9.64 Å². The maximum Gasteiger partial charge on any atom is 0.338 e. The number of carbonyl (C=O) groups is 2. The minimum Gasteiger partial charge on any atom is -0.465 e. The summed E-state index contributed by atoms with van der Waals surface area (Å²) in [6, 6.07) is 11.4. The molecule has 2 aromatic carbocycles. The Balaban J connectivity index is 1.63. The van der Waals surface area contributed by atoms with Gasteiger partial charge in [-0.05, 0) is 48.4 Å². The Kier molecular flexibility index (Phi) is 7.24. The number of rotatable bonds is 5. The summed E-state index contributed by atoms with van der Waals surface area (Å²) in [5.74, 6) is -0.868. The van der Waals surface area contributed by atoms with Crippen molar-refractivity contribution >= 4 is 29.6 Å². The van der Waals surface area contributed by atoms with E-state index in [-0.39, 0.29) is 17.8 Å². The molecule has 1 fully saturated rings. The number of ether oxygens (including phenoxy) is 1. The molecule has 0 radical (unpaired) electrons. The van der Waals surface area contributed by atoms with Gasteiger partial charge in [0.05, 0.1) is 12.7 Å². The number of nitrogens with zero attached hydrogens (tertiary/aromatic N) is 2. The second-order valence-corrected chi connectivity index (χ2v) is 7.74. The van der Waals surface area contributed by atoms with E-state index in [1.54, 1.807) is 30.3 Å². The number of benzene rings is 2. The Morgan fingerprint density at radius 3 is 2.60 bits per heavy atom. The topological polar surface area (TPSA) is 49.9 Å². The van der Waals surface area contributed by atoms with Crippen molar-refractivity contribution in [2.45, 2.75) is 19.5 Å². The van der Waals surface area contributed by atoms with Gasteiger partial charge in [0.25, 0.3) is 0 Å². The smallest absolute Gasteiger partial charge is 0.338 e. The molecule has 0 aromatic heterocycles. The third-order valence-corrected chi connectivity index (χ3v) is 5.38. The largest absolute Gasteiger partial charge is 0.465 e. The highest BCUT2D eigenvalue weighted by atomic mass is 35.5. The molecule has 158 valence electrons. The van der Waals surface area contributed by atoms with Crippen LogP contribution >= 0.6 is 11.6 Å². The highest BCUT2D eigenvalue weighted by Crippen LogP contribution is 2.19. The van der Waals surface area contributed by atoms with E-state index in [1.807, 2.05) is 11.8 Å². The van der Waals surface area contributed by atoms with E-state index in [9.17, 15) is 14.0 Å². The Bertz CT molecular complexity index is 946. The average Bonchev–Trinajstić information content (AvgIpc) is 2.73. The highest BCUT2D eigenvalue weighted by Gasteiger charge is 2.26. The van der Waals surface area contributed by atoms with E-state index in [4.69, 9.17) is 16.3 Å². The zero-order valence-corrected chi connectivity index (χ0v) is 17.7. The number of carbonyl (C=O) groups excluding carboxylic acids is 2. The zero-order chi connectivity index (χ0) is 21.7. The van der Waals surface area contributed by atoms with Gasteiger partial charge in [-0.25, -0.2) is 9.18 Å². The lowest BCUT2D eigenvalue weighted by atomic mass is 10.1. The van der Waals surface area contributed by atoms with Gasteiger partial charge in [-0.1, -0.05) is 29.8 Å². The molecule has 0 N–H and O–H groups in total. The molecule has 7 heteroatoms. The van der Waals surface area contributed by atoms with Gasteiger partial charge in [-0.15, -0.1) is 0 Å². The van der Waals surface area contributed by atoms with Gasteiger partial charge in [0.15, 0.2) is 0 Å². The quantitative estimate of drug-likeness (QED) is 0.531. The van der Waals surface area contributed by atoms with Crippen LogP contribution < -0.4 is 0 Å². The van der Waals surface area contributed by atoms with Crippen LogP contribution in [0.2, 0.25) is 5.02 Å². The molecule has 0 bridgehead atoms. The van der Waals surface area contributed by atoms with Crippen molar-refractivity contribution in [1.82, 2.24) is 9.80 Å². The molecule has 2 aromatic rings. The molecule has 0 spiro atoms. The van der Waals surface area contributed by atoms with Gasteiger partial charge in [-0.3, -0.25) is 9.69 Å². The second-order valence-electron chi connectivity index (χ2n) is 7.30. The maximum absolute atomic E-state index is 13.1. The number of methoxy groups -OCH3 is 1. The fraction of sp³-hybridized carbons (Fsp3) is 0.304. The normalized spacial score (nSPS) is 17.3. The number of hydrogen-bond donors (Lipinski definition) is 0. The van der Waals surface area contributed by atoms with Crippen LogP contribution in [0.3, 0.4) is 0 Å². The Morgan fingerprint density at radius 1 is 1.20 bits per heavy atom. The van der Waals surface area contributed by atoms with Crippen LogP contribution in [0.25, 0.3) is 6.08 Å². The van der Waals surface area contributed by atoms with E-state index >= 15 is 0 Å². The number of hydrogen-bond acceptors (Lipinski definition) is 4. The molecule has 1 heterocycles. The predicted octanol–water partition coefficient (Wildman–Crippen LogP) is 4.01. The molecule has 1 aliphatic heterocycles. The van der Waals surface area contributed by atoms with Gasteiger partial charge in [0, 0.05) is 43.3 Å². The lowest BCUT2D eigenvalue weighted by Crippen LogP contribution is -2.53. The van der Waals surface area contributed by atoms with Crippen molar-refractivity contribution in [2.75, 3.05) is 26.7 Å². The first-order valence-electron chi connectivity index (χ1n) is 9.70. The molecular formula is C23H24ClFN2O3. The molecule has 1 saturated heterocycles. The van der Waals surface area contributed by atoms with Crippen LogP contribution in [0.4, 0.5) is 4.39 Å². The minimum absolute atomic E-state index is 0.0293. The summed E-state index contributed by atoms with van der Waals surface area (Å²) in [4.78, 5) is 28.8. The van der Waals surface area contributed by atoms with Gasteiger partial charge >= 0.3 is 5.97 Å². The highest BCUT2D eigenvalue weighted by molar-refractivity contribution is 6.31. The van der Waals surface area contributed by atoms with Crippen LogP contribution in [-0.2, 0) is 16.1 Å². The standard InChI is InChI=1S/C23H24ClFN2O3/c1-16-14-26(15-17-3-8-20(25)9-4-17)11-12-27(16)22(28)10-6-18-5-7-19(24)13-21(18)23(29)30-2/h3-10,13,16H,11-12,14-15H2,1-2H3/b10-6+. The van der Waals surface area contributed by atoms with E-state index in [1.165, 1.54) is 31.4 Å². The number of amides is 1. The van der Waals surface area contributed by atoms with Crippen molar-refractivity contribution in [3.8, 4) is 0 Å². The average molecular weight is 431 g/mol. The van der Waals surface area contributed by atoms with Gasteiger partial charge in [0.1, 0.15) is 5.82 Å². The SMILES string of the molecule is COC(=O)c1cc(Cl)ccc1/C=C/C(=O)N1CCN(Cc2ccc(F)cc2)CC1C. The zero-order valence-electron chi connectivity index (χ0n) is 17.0. The lowest BCUT2D eigenvalue weighted by Gasteiger charge is -2.39.